The molecule has 2 rings (SSSR count). The molecule has 0 atom stereocenters. The second-order valence-corrected chi connectivity index (χ2v) is 3.74. The van der Waals surface area contributed by atoms with Crippen LogP contribution in [0.4, 0.5) is 0 Å². The van der Waals surface area contributed by atoms with E-state index in [2.05, 4.69) is 14.8 Å². The maximum absolute atomic E-state index is 9.13. The van der Waals surface area contributed by atoms with Crippen molar-refractivity contribution in [1.29, 1.82) is 0 Å². The van der Waals surface area contributed by atoms with Gasteiger partial charge in [-0.3, -0.25) is 0 Å². The van der Waals surface area contributed by atoms with Crippen LogP contribution in [0.2, 0.25) is 0 Å². The molecule has 0 bridgehead atoms. The molecule has 1 aliphatic rings. The lowest BCUT2D eigenvalue weighted by atomic mass is 10.4. The summed E-state index contributed by atoms with van der Waals surface area (Å²) in [6.45, 7) is 3.35. The van der Waals surface area contributed by atoms with E-state index in [1.165, 1.54) is 12.8 Å². The third-order valence-corrected chi connectivity index (χ3v) is 2.56. The molecule has 0 aromatic carbocycles. The van der Waals surface area contributed by atoms with Crippen molar-refractivity contribution < 1.29 is 9.84 Å². The molecule has 0 aliphatic heterocycles. The number of rotatable bonds is 6. The number of aliphatic hydroxyl groups is 1. The smallest absolute Gasteiger partial charge is 0.159 e. The van der Waals surface area contributed by atoms with Crippen molar-refractivity contribution >= 4 is 0 Å². The van der Waals surface area contributed by atoms with Crippen LogP contribution in [0, 0.1) is 0 Å². The van der Waals surface area contributed by atoms with Gasteiger partial charge in [0.25, 0.3) is 0 Å². The summed E-state index contributed by atoms with van der Waals surface area (Å²) in [5, 5.41) is 17.2. The average Bonchev–Trinajstić information content (AvgIpc) is 3.00. The maximum Gasteiger partial charge on any atom is 0.159 e. The largest absolute Gasteiger partial charge is 0.388 e. The van der Waals surface area contributed by atoms with E-state index in [1.807, 2.05) is 6.92 Å². The first-order valence-electron chi connectivity index (χ1n) is 5.48. The molecule has 1 aliphatic carbocycles. The highest BCUT2D eigenvalue weighted by Crippen LogP contribution is 2.36. The molecule has 1 aromatic heterocycles. The number of aromatic nitrogens is 3. The van der Waals surface area contributed by atoms with Gasteiger partial charge in [-0.25, -0.2) is 0 Å². The van der Waals surface area contributed by atoms with Gasteiger partial charge in [-0.15, -0.1) is 10.2 Å². The summed E-state index contributed by atoms with van der Waals surface area (Å²) in [5.41, 5.74) is 0. The van der Waals surface area contributed by atoms with Crippen molar-refractivity contribution in [2.45, 2.75) is 38.8 Å². The van der Waals surface area contributed by atoms with Crippen LogP contribution < -0.4 is 0 Å². The van der Waals surface area contributed by atoms with E-state index in [4.69, 9.17) is 9.84 Å². The lowest BCUT2D eigenvalue weighted by Gasteiger charge is -2.07. The van der Waals surface area contributed by atoms with Gasteiger partial charge in [0.2, 0.25) is 0 Å². The number of ether oxygens (including phenoxy) is 1. The summed E-state index contributed by atoms with van der Waals surface area (Å²) in [4.78, 5) is 0. The van der Waals surface area contributed by atoms with E-state index < -0.39 is 0 Å². The highest BCUT2D eigenvalue weighted by Gasteiger charge is 2.28. The van der Waals surface area contributed by atoms with Gasteiger partial charge in [0.05, 0.1) is 6.61 Å². The molecule has 1 N–H and O–H groups in total. The van der Waals surface area contributed by atoms with Crippen LogP contribution in [-0.2, 0) is 17.8 Å². The van der Waals surface area contributed by atoms with Gasteiger partial charge in [0.1, 0.15) is 12.4 Å². The van der Waals surface area contributed by atoms with Gasteiger partial charge >= 0.3 is 0 Å². The normalized spacial score (nSPS) is 15.9. The van der Waals surface area contributed by atoms with Crippen LogP contribution in [0.5, 0.6) is 0 Å². The topological polar surface area (TPSA) is 60.2 Å². The van der Waals surface area contributed by atoms with Crippen LogP contribution in [0.3, 0.4) is 0 Å². The minimum absolute atomic E-state index is 0.0296. The summed E-state index contributed by atoms with van der Waals surface area (Å²) < 4.78 is 7.36. The molecule has 0 radical (unpaired) electrons. The SMILES string of the molecule is CCOCCc1nnc(CO)n1C1CC1. The number of nitrogens with zero attached hydrogens (tertiary/aromatic N) is 3. The summed E-state index contributed by atoms with van der Waals surface area (Å²) in [6.07, 6.45) is 3.12. The molecular formula is C10H17N3O2. The maximum atomic E-state index is 9.13. The Morgan fingerprint density at radius 2 is 2.13 bits per heavy atom. The van der Waals surface area contributed by atoms with Crippen LogP contribution in [-0.4, -0.2) is 33.1 Å². The molecule has 1 fully saturated rings. The monoisotopic (exact) mass is 211 g/mol. The molecule has 0 amide bonds. The van der Waals surface area contributed by atoms with Crippen molar-refractivity contribution in [3.8, 4) is 0 Å². The zero-order valence-electron chi connectivity index (χ0n) is 9.02. The molecule has 1 saturated carbocycles. The van der Waals surface area contributed by atoms with Crippen molar-refractivity contribution in [3.63, 3.8) is 0 Å². The molecule has 5 heteroatoms. The van der Waals surface area contributed by atoms with Crippen molar-refractivity contribution in [2.24, 2.45) is 0 Å². The highest BCUT2D eigenvalue weighted by molar-refractivity contribution is 5.02. The third-order valence-electron chi connectivity index (χ3n) is 2.56. The standard InChI is InChI=1S/C10H17N3O2/c1-2-15-6-5-9-11-12-10(7-14)13(9)8-3-4-8/h8,14H,2-7H2,1H3. The fourth-order valence-corrected chi connectivity index (χ4v) is 1.70. The van der Waals surface area contributed by atoms with Crippen LogP contribution >= 0.6 is 0 Å². The predicted octanol–water partition coefficient (Wildman–Crippen LogP) is 0.684. The Kier molecular flexibility index (Phi) is 3.33. The van der Waals surface area contributed by atoms with E-state index in [1.54, 1.807) is 0 Å². The quantitative estimate of drug-likeness (QED) is 0.703. The fourth-order valence-electron chi connectivity index (χ4n) is 1.70. The molecule has 15 heavy (non-hydrogen) atoms. The first kappa shape index (κ1) is 10.6. The first-order chi connectivity index (χ1) is 7.36. The average molecular weight is 211 g/mol. The lowest BCUT2D eigenvalue weighted by Crippen LogP contribution is -2.09. The third kappa shape index (κ3) is 2.35. The molecule has 1 heterocycles. The van der Waals surface area contributed by atoms with E-state index in [0.717, 1.165) is 18.9 Å². The van der Waals surface area contributed by atoms with E-state index in [-0.39, 0.29) is 6.61 Å². The minimum Gasteiger partial charge on any atom is -0.388 e. The van der Waals surface area contributed by atoms with Crippen LogP contribution in [0.25, 0.3) is 0 Å². The zero-order valence-corrected chi connectivity index (χ0v) is 9.02. The van der Waals surface area contributed by atoms with Crippen LogP contribution in [0.1, 0.15) is 37.5 Å². The minimum atomic E-state index is -0.0296. The molecule has 84 valence electrons. The Morgan fingerprint density at radius 3 is 2.73 bits per heavy atom. The molecule has 0 spiro atoms. The molecule has 5 nitrogen and oxygen atoms in total. The van der Waals surface area contributed by atoms with Crippen molar-refractivity contribution in [1.82, 2.24) is 14.8 Å². The summed E-state index contributed by atoms with van der Waals surface area (Å²) in [6, 6.07) is 0.513. The Hall–Kier alpha value is -0.940. The first-order valence-corrected chi connectivity index (χ1v) is 5.48. The summed E-state index contributed by atoms with van der Waals surface area (Å²) in [5.74, 6) is 1.62. The molecule has 0 unspecified atom stereocenters. The number of hydrogen-bond donors (Lipinski definition) is 1. The van der Waals surface area contributed by atoms with Crippen molar-refractivity contribution in [3.05, 3.63) is 11.6 Å². The highest BCUT2D eigenvalue weighted by atomic mass is 16.5. The Bertz CT molecular complexity index is 320. The van der Waals surface area contributed by atoms with E-state index >= 15 is 0 Å². The lowest BCUT2D eigenvalue weighted by molar-refractivity contribution is 0.148. The van der Waals surface area contributed by atoms with Gasteiger partial charge in [-0.2, -0.15) is 0 Å². The summed E-state index contributed by atoms with van der Waals surface area (Å²) in [7, 11) is 0. The Labute approximate surface area is 89.1 Å². The van der Waals surface area contributed by atoms with Gasteiger partial charge in [0, 0.05) is 19.1 Å². The number of hydrogen-bond acceptors (Lipinski definition) is 4. The Balaban J connectivity index is 2.05. The number of aliphatic hydroxyl groups excluding tert-OH is 1. The second kappa shape index (κ2) is 4.72. The zero-order chi connectivity index (χ0) is 10.7. The molecular weight excluding hydrogens is 194 g/mol. The molecule has 1 aromatic rings. The van der Waals surface area contributed by atoms with Crippen LogP contribution in [0.15, 0.2) is 0 Å². The van der Waals surface area contributed by atoms with Gasteiger partial charge in [0.15, 0.2) is 5.82 Å². The van der Waals surface area contributed by atoms with Crippen molar-refractivity contribution in [2.75, 3.05) is 13.2 Å². The van der Waals surface area contributed by atoms with Gasteiger partial charge in [-0.05, 0) is 19.8 Å². The molecule has 0 saturated heterocycles. The second-order valence-electron chi connectivity index (χ2n) is 3.74. The summed E-state index contributed by atoms with van der Waals surface area (Å²) >= 11 is 0. The van der Waals surface area contributed by atoms with Gasteiger partial charge < -0.3 is 14.4 Å². The van der Waals surface area contributed by atoms with E-state index in [0.29, 0.717) is 18.5 Å². The predicted molar refractivity (Wildman–Crippen MR) is 54.4 cm³/mol. The van der Waals surface area contributed by atoms with E-state index in [9.17, 15) is 0 Å². The Morgan fingerprint density at radius 1 is 1.40 bits per heavy atom. The fraction of sp³-hybridized carbons (Fsp3) is 0.800. The van der Waals surface area contributed by atoms with Gasteiger partial charge in [-0.1, -0.05) is 0 Å².